The van der Waals surface area contributed by atoms with Crippen molar-refractivity contribution in [2.75, 3.05) is 13.1 Å². The molecule has 6 heteroatoms. The van der Waals surface area contributed by atoms with Gasteiger partial charge in [-0.1, -0.05) is 0 Å². The average molecular weight is 232 g/mol. The molecule has 2 rings (SSSR count). The lowest BCUT2D eigenvalue weighted by Gasteiger charge is -2.08. The van der Waals surface area contributed by atoms with E-state index in [1.54, 1.807) is 0 Å². The lowest BCUT2D eigenvalue weighted by Crippen LogP contribution is -2.34. The fraction of sp³-hybridized carbons (Fsp3) is 0.889. The lowest BCUT2D eigenvalue weighted by molar-refractivity contribution is -0.120. The molecule has 1 saturated heterocycles. The second-order valence-electron chi connectivity index (χ2n) is 4.33. The van der Waals surface area contributed by atoms with Crippen molar-refractivity contribution >= 4 is 15.9 Å². The Balaban J connectivity index is 1.81. The number of carbonyl (C=O) groups is 1. The molecule has 2 N–H and O–H groups in total. The van der Waals surface area contributed by atoms with Crippen LogP contribution in [0.15, 0.2) is 0 Å². The number of rotatable bonds is 4. The number of sulfonamides is 1. The number of hydrogen-bond donors (Lipinski definition) is 2. The maximum absolute atomic E-state index is 11.4. The van der Waals surface area contributed by atoms with E-state index >= 15 is 0 Å². The highest BCUT2D eigenvalue weighted by molar-refractivity contribution is 7.90. The zero-order valence-corrected chi connectivity index (χ0v) is 9.35. The Morgan fingerprint density at radius 2 is 2.07 bits per heavy atom. The molecular weight excluding hydrogens is 216 g/mol. The molecule has 1 aliphatic carbocycles. The normalized spacial score (nSPS) is 26.5. The van der Waals surface area contributed by atoms with Gasteiger partial charge in [0.25, 0.3) is 0 Å². The second kappa shape index (κ2) is 4.09. The van der Waals surface area contributed by atoms with Crippen LogP contribution in [0.25, 0.3) is 0 Å². The number of carbonyl (C=O) groups excluding carboxylic acids is 1. The van der Waals surface area contributed by atoms with Gasteiger partial charge in [-0.3, -0.25) is 9.52 Å². The van der Waals surface area contributed by atoms with Crippen LogP contribution >= 0.6 is 0 Å². The van der Waals surface area contributed by atoms with Crippen LogP contribution < -0.4 is 10.0 Å². The van der Waals surface area contributed by atoms with Crippen LogP contribution in [0.5, 0.6) is 0 Å². The summed E-state index contributed by atoms with van der Waals surface area (Å²) in [6.07, 6.45) is 2.65. The Labute approximate surface area is 89.7 Å². The molecule has 0 radical (unpaired) electrons. The summed E-state index contributed by atoms with van der Waals surface area (Å²) in [6.45, 7) is 1.74. The number of amides is 1. The van der Waals surface area contributed by atoms with Gasteiger partial charge in [-0.05, 0) is 38.3 Å². The Kier molecular flexibility index (Phi) is 2.97. The smallest absolute Gasteiger partial charge is 0.237 e. The maximum Gasteiger partial charge on any atom is 0.237 e. The molecule has 1 atom stereocenters. The average Bonchev–Trinajstić information content (AvgIpc) is 2.88. The van der Waals surface area contributed by atoms with E-state index in [1.165, 1.54) is 0 Å². The highest BCUT2D eigenvalue weighted by Crippen LogP contribution is 2.27. The van der Waals surface area contributed by atoms with E-state index < -0.39 is 10.0 Å². The zero-order chi connectivity index (χ0) is 10.9. The topological polar surface area (TPSA) is 75.3 Å². The van der Waals surface area contributed by atoms with Gasteiger partial charge < -0.3 is 5.32 Å². The highest BCUT2D eigenvalue weighted by atomic mass is 32.2. The van der Waals surface area contributed by atoms with Crippen molar-refractivity contribution in [2.24, 2.45) is 5.92 Å². The number of hydrogen-bond acceptors (Lipinski definition) is 4. The van der Waals surface area contributed by atoms with E-state index in [0.29, 0.717) is 25.2 Å². The Morgan fingerprint density at radius 3 is 2.60 bits per heavy atom. The second-order valence-corrected chi connectivity index (χ2v) is 6.29. The lowest BCUT2D eigenvalue weighted by atomic mass is 10.1. The Hall–Kier alpha value is -0.620. The third-order valence-corrected chi connectivity index (χ3v) is 4.72. The third-order valence-electron chi connectivity index (χ3n) is 2.86. The molecule has 0 aromatic carbocycles. The number of nitrogens with one attached hydrogen (secondary N) is 2. The monoisotopic (exact) mass is 232 g/mol. The highest BCUT2D eigenvalue weighted by Gasteiger charge is 2.37. The van der Waals surface area contributed by atoms with Gasteiger partial charge >= 0.3 is 0 Å². The van der Waals surface area contributed by atoms with E-state index in [1.807, 2.05) is 0 Å². The SMILES string of the molecule is O=C(CC1CCNC1)NS(=O)(=O)C1CC1. The Bertz CT molecular complexity index is 342. The van der Waals surface area contributed by atoms with E-state index in [4.69, 9.17) is 0 Å². The summed E-state index contributed by atoms with van der Waals surface area (Å²) in [4.78, 5) is 11.4. The first-order valence-corrected chi connectivity index (χ1v) is 6.88. The Morgan fingerprint density at radius 1 is 1.33 bits per heavy atom. The predicted molar refractivity (Wildman–Crippen MR) is 55.7 cm³/mol. The van der Waals surface area contributed by atoms with Gasteiger partial charge in [0, 0.05) is 6.42 Å². The van der Waals surface area contributed by atoms with Gasteiger partial charge in [0.2, 0.25) is 15.9 Å². The predicted octanol–water partition coefficient (Wildman–Crippen LogP) is -0.406. The molecule has 1 amide bonds. The standard InChI is InChI=1S/C9H16N2O3S/c12-9(5-7-3-4-10-6-7)11-15(13,14)8-1-2-8/h7-8,10H,1-6H2,(H,11,12). The minimum Gasteiger partial charge on any atom is -0.316 e. The first-order chi connectivity index (χ1) is 7.08. The van der Waals surface area contributed by atoms with Crippen LogP contribution in [-0.2, 0) is 14.8 Å². The van der Waals surface area contributed by atoms with Crippen LogP contribution in [0.4, 0.5) is 0 Å². The van der Waals surface area contributed by atoms with Crippen LogP contribution in [0, 0.1) is 5.92 Å². The molecule has 1 saturated carbocycles. The molecule has 0 spiro atoms. The van der Waals surface area contributed by atoms with Crippen molar-refractivity contribution < 1.29 is 13.2 Å². The first-order valence-electron chi connectivity index (χ1n) is 5.33. The molecule has 5 nitrogen and oxygen atoms in total. The first kappa shape index (κ1) is 10.9. The van der Waals surface area contributed by atoms with Crippen molar-refractivity contribution in [3.05, 3.63) is 0 Å². The summed E-state index contributed by atoms with van der Waals surface area (Å²) < 4.78 is 25.0. The fourth-order valence-corrected chi connectivity index (χ4v) is 3.14. The molecule has 2 fully saturated rings. The largest absolute Gasteiger partial charge is 0.316 e. The minimum absolute atomic E-state index is 0.291. The van der Waals surface area contributed by atoms with E-state index in [2.05, 4.69) is 10.0 Å². The molecule has 0 aromatic rings. The summed E-state index contributed by atoms with van der Waals surface area (Å²) >= 11 is 0. The molecule has 1 aliphatic heterocycles. The summed E-state index contributed by atoms with van der Waals surface area (Å²) in [7, 11) is -3.35. The van der Waals surface area contributed by atoms with E-state index in [0.717, 1.165) is 19.5 Å². The summed E-state index contributed by atoms with van der Waals surface area (Å²) in [5.74, 6) is -0.0602. The summed E-state index contributed by atoms with van der Waals surface area (Å²) in [5.41, 5.74) is 0. The third kappa shape index (κ3) is 2.92. The van der Waals surface area contributed by atoms with Crippen LogP contribution in [0.2, 0.25) is 0 Å². The molecule has 86 valence electrons. The van der Waals surface area contributed by atoms with Gasteiger partial charge in [0.05, 0.1) is 5.25 Å². The van der Waals surface area contributed by atoms with Gasteiger partial charge in [0.15, 0.2) is 0 Å². The molecule has 2 aliphatic rings. The molecular formula is C9H16N2O3S. The molecule has 0 bridgehead atoms. The fourth-order valence-electron chi connectivity index (χ4n) is 1.81. The van der Waals surface area contributed by atoms with E-state index in [9.17, 15) is 13.2 Å². The molecule has 1 unspecified atom stereocenters. The van der Waals surface area contributed by atoms with Crippen molar-refractivity contribution in [2.45, 2.75) is 30.9 Å². The van der Waals surface area contributed by atoms with Gasteiger partial charge in [0.1, 0.15) is 0 Å². The minimum atomic E-state index is -3.35. The van der Waals surface area contributed by atoms with Gasteiger partial charge in [-0.25, -0.2) is 8.42 Å². The van der Waals surface area contributed by atoms with Gasteiger partial charge in [-0.15, -0.1) is 0 Å². The molecule has 1 heterocycles. The van der Waals surface area contributed by atoms with Gasteiger partial charge in [-0.2, -0.15) is 0 Å². The van der Waals surface area contributed by atoms with Crippen molar-refractivity contribution in [3.63, 3.8) is 0 Å². The summed E-state index contributed by atoms with van der Waals surface area (Å²) in [5, 5.41) is 2.83. The summed E-state index contributed by atoms with van der Waals surface area (Å²) in [6, 6.07) is 0. The maximum atomic E-state index is 11.4. The van der Waals surface area contributed by atoms with Crippen molar-refractivity contribution in [1.82, 2.24) is 10.0 Å². The van der Waals surface area contributed by atoms with Crippen LogP contribution in [0.3, 0.4) is 0 Å². The van der Waals surface area contributed by atoms with Crippen LogP contribution in [-0.4, -0.2) is 32.7 Å². The van der Waals surface area contributed by atoms with Crippen molar-refractivity contribution in [1.29, 1.82) is 0 Å². The molecule has 0 aromatic heterocycles. The quantitative estimate of drug-likeness (QED) is 0.691. The zero-order valence-electron chi connectivity index (χ0n) is 8.53. The van der Waals surface area contributed by atoms with Crippen molar-refractivity contribution in [3.8, 4) is 0 Å². The molecule has 15 heavy (non-hydrogen) atoms. The van der Waals surface area contributed by atoms with Crippen LogP contribution in [0.1, 0.15) is 25.7 Å². The van der Waals surface area contributed by atoms with E-state index in [-0.39, 0.29) is 11.2 Å².